The van der Waals surface area contributed by atoms with E-state index in [0.29, 0.717) is 28.9 Å². The molecule has 1 heterocycles. The van der Waals surface area contributed by atoms with Gasteiger partial charge in [-0.3, -0.25) is 0 Å². The molecule has 0 aromatic heterocycles. The van der Waals surface area contributed by atoms with Gasteiger partial charge in [0.25, 0.3) is 0 Å². The van der Waals surface area contributed by atoms with Crippen LogP contribution in [0, 0.1) is 23.2 Å². The molecule has 23 heavy (non-hydrogen) atoms. The summed E-state index contributed by atoms with van der Waals surface area (Å²) in [5, 5.41) is 21.3. The van der Waals surface area contributed by atoms with Crippen LogP contribution in [0.5, 0.6) is 0 Å². The molecule has 0 unspecified atom stereocenters. The number of thiocarbonyl (C=S) groups is 1. The Labute approximate surface area is 142 Å². The molecule has 4 atom stereocenters. The zero-order valence-corrected chi connectivity index (χ0v) is 14.6. The van der Waals surface area contributed by atoms with Gasteiger partial charge < -0.3 is 10.4 Å². The zero-order chi connectivity index (χ0) is 16.4. The van der Waals surface area contributed by atoms with Crippen molar-refractivity contribution < 1.29 is 5.11 Å². The minimum absolute atomic E-state index is 0.110. The molecule has 2 N–H and O–H groups in total. The summed E-state index contributed by atoms with van der Waals surface area (Å²) >= 11 is 5.52. The van der Waals surface area contributed by atoms with Crippen LogP contribution in [0.2, 0.25) is 0 Å². The fourth-order valence-corrected chi connectivity index (χ4v) is 5.04. The molecule has 4 nitrogen and oxygen atoms in total. The Bertz CT molecular complexity index is 687. The van der Waals surface area contributed by atoms with Gasteiger partial charge in [0, 0.05) is 18.7 Å². The monoisotopic (exact) mass is 329 g/mol. The lowest BCUT2D eigenvalue weighted by molar-refractivity contribution is -0.0860. The van der Waals surface area contributed by atoms with Crippen molar-refractivity contribution in [2.24, 2.45) is 28.3 Å². The summed E-state index contributed by atoms with van der Waals surface area (Å²) in [4.78, 5) is 0. The van der Waals surface area contributed by atoms with Crippen LogP contribution in [-0.4, -0.2) is 26.7 Å². The molecule has 2 fully saturated rings. The number of hydrogen-bond acceptors (Lipinski definition) is 3. The maximum atomic E-state index is 11.2. The standard InChI is InChI=1S/C18H23N3OS/c1-11-14-15-13(17(15,2)3)9-18(14,22)21(20-11)16(23)19-10-12-7-5-4-6-8-12/h4-8,13-15,22H,9-10H2,1-3H3,(H,19,23)/t13-,14-,15+,18+/m1/s1. The fourth-order valence-electron chi connectivity index (χ4n) is 4.77. The number of nitrogens with zero attached hydrogens (tertiary/aromatic N) is 2. The van der Waals surface area contributed by atoms with Crippen LogP contribution >= 0.6 is 12.2 Å². The SMILES string of the molecule is CC1=NN(C(=S)NCc2ccccc2)[C@]2(O)C[C@@H]3[C@@H]([C@@H]12)C3(C)C. The number of benzene rings is 1. The first-order valence-electron chi connectivity index (χ1n) is 8.25. The average Bonchev–Trinajstić information content (AvgIpc) is 2.83. The third-order valence-corrected chi connectivity index (χ3v) is 6.39. The van der Waals surface area contributed by atoms with Gasteiger partial charge in [-0.15, -0.1) is 0 Å². The van der Waals surface area contributed by atoms with Crippen molar-refractivity contribution in [3.05, 3.63) is 35.9 Å². The minimum atomic E-state index is -0.935. The van der Waals surface area contributed by atoms with Gasteiger partial charge in [-0.05, 0) is 42.0 Å². The van der Waals surface area contributed by atoms with Gasteiger partial charge in [0.2, 0.25) is 0 Å². The molecule has 0 radical (unpaired) electrons. The number of rotatable bonds is 2. The van der Waals surface area contributed by atoms with Crippen LogP contribution in [0.15, 0.2) is 35.4 Å². The predicted molar refractivity (Wildman–Crippen MR) is 94.6 cm³/mol. The van der Waals surface area contributed by atoms with E-state index in [-0.39, 0.29) is 5.92 Å². The molecule has 1 aromatic carbocycles. The number of aliphatic hydroxyl groups is 1. The summed E-state index contributed by atoms with van der Waals surface area (Å²) < 4.78 is 0. The van der Waals surface area contributed by atoms with Crippen molar-refractivity contribution in [2.75, 3.05) is 0 Å². The third-order valence-electron chi connectivity index (χ3n) is 6.07. The Morgan fingerprint density at radius 2 is 2.09 bits per heavy atom. The summed E-state index contributed by atoms with van der Waals surface area (Å²) in [6.07, 6.45) is 0.753. The highest BCUT2D eigenvalue weighted by Crippen LogP contribution is 2.73. The molecule has 5 heteroatoms. The Balaban J connectivity index is 1.49. The molecule has 2 aliphatic carbocycles. The molecule has 4 rings (SSSR count). The second-order valence-corrected chi connectivity index (χ2v) is 8.10. The van der Waals surface area contributed by atoms with E-state index in [4.69, 9.17) is 12.2 Å². The van der Waals surface area contributed by atoms with Gasteiger partial charge in [-0.1, -0.05) is 44.2 Å². The molecule has 0 amide bonds. The maximum absolute atomic E-state index is 11.2. The summed E-state index contributed by atoms with van der Waals surface area (Å²) in [5.74, 6) is 1.21. The molecule has 1 aromatic rings. The van der Waals surface area contributed by atoms with Crippen LogP contribution in [0.3, 0.4) is 0 Å². The lowest BCUT2D eigenvalue weighted by Crippen LogP contribution is -2.53. The Hall–Kier alpha value is -1.46. The first-order chi connectivity index (χ1) is 10.9. The molecule has 1 aliphatic heterocycles. The van der Waals surface area contributed by atoms with Gasteiger partial charge in [0.1, 0.15) is 0 Å². The highest BCUT2D eigenvalue weighted by molar-refractivity contribution is 7.80. The van der Waals surface area contributed by atoms with Crippen molar-refractivity contribution in [2.45, 2.75) is 39.5 Å². The highest BCUT2D eigenvalue weighted by Gasteiger charge is 2.75. The number of fused-ring (bicyclic) bond motifs is 3. The zero-order valence-electron chi connectivity index (χ0n) is 13.8. The van der Waals surface area contributed by atoms with Gasteiger partial charge in [0.05, 0.1) is 5.92 Å². The Kier molecular flexibility index (Phi) is 3.13. The van der Waals surface area contributed by atoms with Crippen molar-refractivity contribution in [3.63, 3.8) is 0 Å². The quantitative estimate of drug-likeness (QED) is 0.819. The van der Waals surface area contributed by atoms with E-state index < -0.39 is 5.72 Å². The molecular formula is C18H23N3OS. The van der Waals surface area contributed by atoms with Crippen LogP contribution in [0.4, 0.5) is 0 Å². The predicted octanol–water partition coefficient (Wildman–Crippen LogP) is 2.73. The van der Waals surface area contributed by atoms with Crippen LogP contribution in [0.1, 0.15) is 32.8 Å². The number of hydrazone groups is 1. The van der Waals surface area contributed by atoms with Gasteiger partial charge in [0.15, 0.2) is 10.8 Å². The van der Waals surface area contributed by atoms with E-state index in [1.54, 1.807) is 5.01 Å². The molecular weight excluding hydrogens is 306 g/mol. The Morgan fingerprint density at radius 3 is 2.78 bits per heavy atom. The lowest BCUT2D eigenvalue weighted by atomic mass is 9.84. The van der Waals surface area contributed by atoms with Crippen molar-refractivity contribution in [1.82, 2.24) is 10.3 Å². The first-order valence-corrected chi connectivity index (χ1v) is 8.66. The van der Waals surface area contributed by atoms with E-state index >= 15 is 0 Å². The number of nitrogens with one attached hydrogen (secondary N) is 1. The maximum Gasteiger partial charge on any atom is 0.192 e. The van der Waals surface area contributed by atoms with Crippen molar-refractivity contribution in [1.29, 1.82) is 0 Å². The molecule has 122 valence electrons. The van der Waals surface area contributed by atoms with Crippen LogP contribution < -0.4 is 5.32 Å². The van der Waals surface area contributed by atoms with Gasteiger partial charge in [-0.25, -0.2) is 5.01 Å². The van der Waals surface area contributed by atoms with E-state index in [1.807, 2.05) is 25.1 Å². The highest BCUT2D eigenvalue weighted by atomic mass is 32.1. The normalized spacial score (nSPS) is 36.3. The van der Waals surface area contributed by atoms with E-state index in [2.05, 4.69) is 36.4 Å². The summed E-state index contributed by atoms with van der Waals surface area (Å²) in [6, 6.07) is 10.1. The van der Waals surface area contributed by atoms with E-state index in [9.17, 15) is 5.11 Å². The smallest absolute Gasteiger partial charge is 0.192 e. The second-order valence-electron chi connectivity index (χ2n) is 7.71. The summed E-state index contributed by atoms with van der Waals surface area (Å²) in [7, 11) is 0. The van der Waals surface area contributed by atoms with Crippen molar-refractivity contribution in [3.8, 4) is 0 Å². The van der Waals surface area contributed by atoms with Gasteiger partial charge in [-0.2, -0.15) is 5.10 Å². The molecule has 0 saturated heterocycles. The van der Waals surface area contributed by atoms with Crippen LogP contribution in [0.25, 0.3) is 0 Å². The fraction of sp³-hybridized carbons (Fsp3) is 0.556. The third kappa shape index (κ3) is 2.06. The number of hydrogen-bond donors (Lipinski definition) is 2. The summed E-state index contributed by atoms with van der Waals surface area (Å²) in [5.41, 5.74) is 1.56. The van der Waals surface area contributed by atoms with Gasteiger partial charge >= 0.3 is 0 Å². The largest absolute Gasteiger partial charge is 0.368 e. The Morgan fingerprint density at radius 1 is 1.39 bits per heavy atom. The van der Waals surface area contributed by atoms with Crippen LogP contribution in [-0.2, 0) is 6.54 Å². The molecule has 0 spiro atoms. The second kappa shape index (κ2) is 4.77. The topological polar surface area (TPSA) is 47.9 Å². The van der Waals surface area contributed by atoms with E-state index in [1.165, 1.54) is 0 Å². The molecule has 0 bridgehead atoms. The molecule has 3 aliphatic rings. The average molecular weight is 329 g/mol. The first kappa shape index (κ1) is 15.1. The lowest BCUT2D eigenvalue weighted by Gasteiger charge is -2.36. The summed E-state index contributed by atoms with van der Waals surface area (Å²) in [6.45, 7) is 7.25. The molecule has 2 saturated carbocycles. The van der Waals surface area contributed by atoms with Crippen molar-refractivity contribution >= 4 is 23.0 Å². The minimum Gasteiger partial charge on any atom is -0.368 e. The van der Waals surface area contributed by atoms with E-state index in [0.717, 1.165) is 17.7 Å².